The van der Waals surface area contributed by atoms with E-state index in [2.05, 4.69) is 0 Å². The fourth-order valence-electron chi connectivity index (χ4n) is 2.23. The van der Waals surface area contributed by atoms with E-state index < -0.39 is 64.9 Å². The molecule has 0 bridgehead atoms. The molecule has 0 saturated heterocycles. The Hall–Kier alpha value is 0.439. The number of carbonyl (C=O) groups is 4. The molecule has 0 N–H and O–H groups in total. The van der Waals surface area contributed by atoms with Crippen LogP contribution in [0.5, 0.6) is 0 Å². The zero-order chi connectivity index (χ0) is 23.3. The zero-order valence-electron chi connectivity index (χ0n) is 16.0. The third kappa shape index (κ3) is 7.24. The van der Waals surface area contributed by atoms with E-state index in [0.29, 0.717) is 0 Å². The van der Waals surface area contributed by atoms with Crippen LogP contribution in [-0.4, -0.2) is 64.9 Å². The Bertz CT molecular complexity index is 790. The van der Waals surface area contributed by atoms with Gasteiger partial charge >= 0.3 is 229 Å². The van der Waals surface area contributed by atoms with E-state index >= 15 is 0 Å². The molecule has 4 unspecified atom stereocenters. The van der Waals surface area contributed by atoms with Crippen LogP contribution in [-0.2, 0) is 31.5 Å². The van der Waals surface area contributed by atoms with Crippen molar-refractivity contribution in [2.45, 2.75) is 21.0 Å². The predicted octanol–water partition coefficient (Wildman–Crippen LogP) is 4.70. The minimum atomic E-state index is -5.93. The van der Waals surface area contributed by atoms with Crippen molar-refractivity contribution in [1.29, 1.82) is 0 Å². The molecule has 4 aliphatic heterocycles. The van der Waals surface area contributed by atoms with Crippen LogP contribution < -0.4 is 0 Å². The van der Waals surface area contributed by atoms with Gasteiger partial charge in [-0.15, -0.1) is 0 Å². The molecule has 4 atom stereocenters. The Morgan fingerprint density at radius 2 is 0.727 bits per heavy atom. The van der Waals surface area contributed by atoms with Crippen LogP contribution >= 0.6 is 86.4 Å². The van der Waals surface area contributed by atoms with Crippen LogP contribution in [0.3, 0.4) is 0 Å². The van der Waals surface area contributed by atoms with Crippen LogP contribution in [0.15, 0.2) is 45.9 Å². The second-order valence-corrected chi connectivity index (χ2v) is 20.4. The third-order valence-corrected chi connectivity index (χ3v) is 17.8. The van der Waals surface area contributed by atoms with Crippen LogP contribution in [0.4, 0.5) is 0 Å². The van der Waals surface area contributed by atoms with Crippen LogP contribution in [0.25, 0.3) is 0 Å². The molecule has 17 heteroatoms. The van der Waals surface area contributed by atoms with Crippen molar-refractivity contribution in [3.8, 4) is 0 Å². The summed E-state index contributed by atoms with van der Waals surface area (Å²) in [5.74, 6) is -3.21. The van der Waals surface area contributed by atoms with Crippen molar-refractivity contribution in [2.24, 2.45) is 0 Å². The van der Waals surface area contributed by atoms with Gasteiger partial charge in [-0.3, -0.25) is 0 Å². The summed E-state index contributed by atoms with van der Waals surface area (Å²) in [5.41, 5.74) is 0. The Morgan fingerprint density at radius 1 is 0.485 bits per heavy atom. The van der Waals surface area contributed by atoms with Gasteiger partial charge in [-0.05, 0) is 0 Å². The van der Waals surface area contributed by atoms with Crippen molar-refractivity contribution >= 4 is 130 Å². The molecule has 0 aromatic carbocycles. The van der Waals surface area contributed by atoms with E-state index in [0.717, 1.165) is 0 Å². The first-order valence-corrected chi connectivity index (χ1v) is 22.6. The first-order chi connectivity index (χ1) is 16.0. The average molecular weight is 708 g/mol. The van der Waals surface area contributed by atoms with Crippen molar-refractivity contribution in [3.63, 3.8) is 0 Å². The molecule has 0 radical (unpaired) electrons. The molecule has 0 aromatic rings. The number of carbonyl (C=O) groups excluding carboxylic acids is 4. The summed E-state index contributed by atoms with van der Waals surface area (Å²) in [5, 5.41) is 3.98. The van der Waals surface area contributed by atoms with Crippen molar-refractivity contribution in [1.82, 2.24) is 0 Å². The molecule has 8 nitrogen and oxygen atoms in total. The van der Waals surface area contributed by atoms with E-state index in [1.807, 2.05) is 0 Å². The van der Waals surface area contributed by atoms with E-state index in [9.17, 15) is 19.2 Å². The molecule has 0 aromatic heterocycles. The quantitative estimate of drug-likeness (QED) is 0.257. The number of hydrogen-bond acceptors (Lipinski definition) is 16. The van der Waals surface area contributed by atoms with E-state index in [-0.39, 0.29) is 0 Å². The SMILES string of the molecule is O=C([O][Sn]([O]C(=O)C1C=CSS1)([O]C(=O)C1C=CSS1)[O]C(=O)C1C=CSS1)C1C=CSS1. The summed E-state index contributed by atoms with van der Waals surface area (Å²) in [6.45, 7) is 0. The first-order valence-electron chi connectivity index (χ1n) is 8.82. The molecular weight excluding hydrogens is 695 g/mol. The summed E-state index contributed by atoms with van der Waals surface area (Å²) >= 11 is -5.93. The van der Waals surface area contributed by atoms with E-state index in [1.54, 1.807) is 45.9 Å². The molecule has 33 heavy (non-hydrogen) atoms. The molecule has 4 aliphatic rings. The van der Waals surface area contributed by atoms with Gasteiger partial charge in [-0.1, -0.05) is 0 Å². The molecule has 0 aliphatic carbocycles. The van der Waals surface area contributed by atoms with Gasteiger partial charge in [0.15, 0.2) is 0 Å². The summed E-state index contributed by atoms with van der Waals surface area (Å²) in [6.07, 6.45) is 6.41. The van der Waals surface area contributed by atoms with Crippen LogP contribution in [0.2, 0.25) is 0 Å². The Balaban J connectivity index is 1.61. The molecule has 0 spiro atoms. The van der Waals surface area contributed by atoms with Gasteiger partial charge in [0, 0.05) is 0 Å². The van der Waals surface area contributed by atoms with Crippen LogP contribution in [0, 0.1) is 0 Å². The molecule has 0 saturated carbocycles. The topological polar surface area (TPSA) is 105 Å². The Kier molecular flexibility index (Phi) is 10.1. The first kappa shape index (κ1) is 26.5. The second kappa shape index (κ2) is 12.6. The van der Waals surface area contributed by atoms with Gasteiger partial charge < -0.3 is 0 Å². The van der Waals surface area contributed by atoms with Crippen molar-refractivity contribution in [3.05, 3.63) is 45.9 Å². The van der Waals surface area contributed by atoms with Crippen molar-refractivity contribution < 1.29 is 31.5 Å². The fraction of sp³-hybridized carbons (Fsp3) is 0.250. The molecule has 176 valence electrons. The summed E-state index contributed by atoms with van der Waals surface area (Å²) in [7, 11) is 10.2. The monoisotopic (exact) mass is 708 g/mol. The average Bonchev–Trinajstić information content (AvgIpc) is 3.61. The standard InChI is InChI=1S/4C4H4O2S2.Sn/c4*5-4(6)3-1-2-7-8-3;/h4*1-3H,(H,5,6);/q;;;;+4/p-4. The van der Waals surface area contributed by atoms with Gasteiger partial charge in [-0.2, -0.15) is 0 Å². The van der Waals surface area contributed by atoms with Crippen molar-refractivity contribution in [2.75, 3.05) is 0 Å². The minimum absolute atomic E-state index is 0.717. The third-order valence-electron chi connectivity index (χ3n) is 3.70. The number of hydrogen-bond donors (Lipinski definition) is 0. The van der Waals surface area contributed by atoms with Gasteiger partial charge in [0.25, 0.3) is 0 Å². The summed E-state index contributed by atoms with van der Waals surface area (Å²) < 4.78 is 22.2. The second-order valence-electron chi connectivity index (χ2n) is 5.95. The molecular formula is C16H12O8S8Sn. The van der Waals surface area contributed by atoms with E-state index in [4.69, 9.17) is 12.3 Å². The maximum atomic E-state index is 12.9. The van der Waals surface area contributed by atoms with Gasteiger partial charge in [0.1, 0.15) is 0 Å². The summed E-state index contributed by atoms with van der Waals surface area (Å²) in [6, 6.07) is 0. The Labute approximate surface area is 226 Å². The zero-order valence-corrected chi connectivity index (χ0v) is 25.3. The predicted molar refractivity (Wildman–Crippen MR) is 143 cm³/mol. The summed E-state index contributed by atoms with van der Waals surface area (Å²) in [4.78, 5) is 51.5. The molecule has 0 amide bonds. The Morgan fingerprint density at radius 3 is 0.909 bits per heavy atom. The van der Waals surface area contributed by atoms with Gasteiger partial charge in [0.05, 0.1) is 0 Å². The normalized spacial score (nSPS) is 29.1. The van der Waals surface area contributed by atoms with E-state index in [1.165, 1.54) is 86.4 Å². The molecule has 4 rings (SSSR count). The maximum absolute atomic E-state index is 12.9. The van der Waals surface area contributed by atoms with Gasteiger partial charge in [-0.25, -0.2) is 0 Å². The molecule has 0 fully saturated rings. The number of rotatable bonds is 8. The fourth-order valence-corrected chi connectivity index (χ4v) is 16.0. The van der Waals surface area contributed by atoms with Gasteiger partial charge in [0.2, 0.25) is 0 Å². The molecule has 4 heterocycles. The van der Waals surface area contributed by atoms with Crippen LogP contribution in [0.1, 0.15) is 0 Å².